The van der Waals surface area contributed by atoms with Gasteiger partial charge in [-0.25, -0.2) is 5.43 Å². The largest absolute Gasteiger partial charge is 0.506 e. The van der Waals surface area contributed by atoms with Crippen molar-refractivity contribution >= 4 is 73.2 Å². The highest BCUT2D eigenvalue weighted by molar-refractivity contribution is 14.1. The van der Waals surface area contributed by atoms with Crippen molar-refractivity contribution in [2.75, 3.05) is 0 Å². The van der Waals surface area contributed by atoms with Gasteiger partial charge >= 0.3 is 0 Å². The van der Waals surface area contributed by atoms with Gasteiger partial charge in [-0.1, -0.05) is 28.1 Å². The number of carbonyl (C=O) groups is 1. The molecule has 0 heterocycles. The number of hydrogen-bond donors (Lipinski definition) is 2. The average molecular weight is 585 g/mol. The molecule has 0 saturated carbocycles. The molecule has 7 heteroatoms. The van der Waals surface area contributed by atoms with Gasteiger partial charge in [0, 0.05) is 13.6 Å². The number of aromatic hydroxyl groups is 1. The van der Waals surface area contributed by atoms with E-state index >= 15 is 0 Å². The summed E-state index contributed by atoms with van der Waals surface area (Å²) in [5.41, 5.74) is 3.94. The van der Waals surface area contributed by atoms with Crippen LogP contribution in [0.25, 0.3) is 0 Å². The van der Waals surface area contributed by atoms with Crippen LogP contribution in [0, 0.1) is 7.14 Å². The van der Waals surface area contributed by atoms with Gasteiger partial charge in [0.1, 0.15) is 5.75 Å². The molecule has 0 spiro atoms. The Morgan fingerprint density at radius 3 is 2.64 bits per heavy atom. The number of hydrogen-bond acceptors (Lipinski definition) is 3. The highest BCUT2D eigenvalue weighted by Crippen LogP contribution is 2.25. The maximum Gasteiger partial charge on any atom is 0.244 e. The molecule has 2 aromatic carbocycles. The molecule has 0 aromatic heterocycles. The van der Waals surface area contributed by atoms with E-state index < -0.39 is 0 Å². The van der Waals surface area contributed by atoms with Gasteiger partial charge in [-0.15, -0.1) is 0 Å². The first-order valence-electron chi connectivity index (χ1n) is 6.20. The minimum absolute atomic E-state index is 0.159. The molecule has 0 unspecified atom stereocenters. The van der Waals surface area contributed by atoms with Crippen molar-refractivity contribution in [1.82, 2.24) is 5.43 Å². The Balaban J connectivity index is 1.97. The molecule has 22 heavy (non-hydrogen) atoms. The average Bonchev–Trinajstić information content (AvgIpc) is 2.46. The molecular formula is C15H11BrI2N2O2. The summed E-state index contributed by atoms with van der Waals surface area (Å²) in [5.74, 6) is -0.0506. The standard InChI is InChI=1S/C15H11BrI2N2O2/c16-11-3-1-9(2-4-11)5-14(21)20-19-8-10-6-12(17)7-13(18)15(10)22/h1-4,6-8,22H,5H2,(H,20,21)/b19-8+. The Kier molecular flexibility index (Phi) is 6.63. The maximum atomic E-state index is 11.8. The van der Waals surface area contributed by atoms with Crippen molar-refractivity contribution in [1.29, 1.82) is 0 Å². The highest BCUT2D eigenvalue weighted by atomic mass is 127. The molecule has 0 aliphatic rings. The zero-order valence-corrected chi connectivity index (χ0v) is 17.1. The highest BCUT2D eigenvalue weighted by Gasteiger charge is 2.06. The van der Waals surface area contributed by atoms with E-state index in [9.17, 15) is 9.90 Å². The second-order valence-electron chi connectivity index (χ2n) is 4.42. The summed E-state index contributed by atoms with van der Waals surface area (Å²) < 4.78 is 2.70. The lowest BCUT2D eigenvalue weighted by molar-refractivity contribution is -0.120. The number of benzene rings is 2. The third-order valence-electron chi connectivity index (χ3n) is 2.73. The van der Waals surface area contributed by atoms with Gasteiger partial charge in [0.05, 0.1) is 16.2 Å². The van der Waals surface area contributed by atoms with E-state index in [0.29, 0.717) is 5.56 Å². The number of phenolic OH excluding ortho intramolecular Hbond substituents is 1. The molecule has 2 rings (SSSR count). The van der Waals surface area contributed by atoms with Crippen LogP contribution in [0.3, 0.4) is 0 Å². The van der Waals surface area contributed by atoms with Crippen LogP contribution in [0.2, 0.25) is 0 Å². The Labute approximate surface area is 163 Å². The van der Waals surface area contributed by atoms with E-state index in [1.54, 1.807) is 6.07 Å². The maximum absolute atomic E-state index is 11.8. The van der Waals surface area contributed by atoms with Crippen molar-refractivity contribution in [3.63, 3.8) is 0 Å². The Bertz CT molecular complexity index is 718. The minimum atomic E-state index is -0.210. The predicted octanol–water partition coefficient (Wildman–Crippen LogP) is 4.06. The van der Waals surface area contributed by atoms with Gasteiger partial charge in [0.25, 0.3) is 0 Å². The van der Waals surface area contributed by atoms with E-state index in [2.05, 4.69) is 71.6 Å². The Hall–Kier alpha value is -0.680. The molecule has 0 bridgehead atoms. The summed E-state index contributed by atoms with van der Waals surface area (Å²) in [6.45, 7) is 0. The van der Waals surface area contributed by atoms with Crippen molar-refractivity contribution < 1.29 is 9.90 Å². The monoisotopic (exact) mass is 584 g/mol. The summed E-state index contributed by atoms with van der Waals surface area (Å²) in [7, 11) is 0. The van der Waals surface area contributed by atoms with Crippen LogP contribution in [0.15, 0.2) is 46.0 Å². The number of nitrogens with zero attached hydrogens (tertiary/aromatic N) is 1. The summed E-state index contributed by atoms with van der Waals surface area (Å²) in [6, 6.07) is 11.2. The summed E-state index contributed by atoms with van der Waals surface area (Å²) >= 11 is 7.56. The van der Waals surface area contributed by atoms with Crippen molar-refractivity contribution in [2.45, 2.75) is 6.42 Å². The fraction of sp³-hybridized carbons (Fsp3) is 0.0667. The second kappa shape index (κ2) is 8.25. The molecule has 0 saturated heterocycles. The molecule has 1 amide bonds. The van der Waals surface area contributed by atoms with E-state index in [0.717, 1.165) is 17.2 Å². The molecule has 0 radical (unpaired) electrons. The lowest BCUT2D eigenvalue weighted by Gasteiger charge is -2.03. The normalized spacial score (nSPS) is 10.9. The first-order chi connectivity index (χ1) is 10.5. The zero-order chi connectivity index (χ0) is 16.1. The van der Waals surface area contributed by atoms with Crippen LogP contribution in [0.1, 0.15) is 11.1 Å². The molecule has 2 N–H and O–H groups in total. The predicted molar refractivity (Wildman–Crippen MR) is 107 cm³/mol. The van der Waals surface area contributed by atoms with Gasteiger partial charge in [-0.2, -0.15) is 5.10 Å². The molecule has 0 fully saturated rings. The quantitative estimate of drug-likeness (QED) is 0.324. The number of amides is 1. The lowest BCUT2D eigenvalue weighted by Crippen LogP contribution is -2.19. The molecule has 114 valence electrons. The molecule has 0 aliphatic heterocycles. The topological polar surface area (TPSA) is 61.7 Å². The van der Waals surface area contributed by atoms with Crippen LogP contribution >= 0.6 is 61.1 Å². The number of rotatable bonds is 4. The first kappa shape index (κ1) is 17.7. The molecule has 0 atom stereocenters. The van der Waals surface area contributed by atoms with Gasteiger partial charge < -0.3 is 5.11 Å². The van der Waals surface area contributed by atoms with E-state index in [1.807, 2.05) is 30.3 Å². The number of nitrogens with one attached hydrogen (secondary N) is 1. The lowest BCUT2D eigenvalue weighted by atomic mass is 10.1. The molecule has 0 aliphatic carbocycles. The van der Waals surface area contributed by atoms with Crippen LogP contribution in [0.4, 0.5) is 0 Å². The first-order valence-corrected chi connectivity index (χ1v) is 9.15. The van der Waals surface area contributed by atoms with E-state index in [1.165, 1.54) is 6.21 Å². The fourth-order valence-corrected chi connectivity index (χ4v) is 3.84. The van der Waals surface area contributed by atoms with Crippen LogP contribution in [-0.2, 0) is 11.2 Å². The summed E-state index contributed by atoms with van der Waals surface area (Å²) in [5, 5.41) is 13.8. The third-order valence-corrected chi connectivity index (χ3v) is 4.70. The van der Waals surface area contributed by atoms with Crippen LogP contribution in [0.5, 0.6) is 5.75 Å². The summed E-state index contributed by atoms with van der Waals surface area (Å²) in [4.78, 5) is 11.8. The molecular weight excluding hydrogens is 574 g/mol. The van der Waals surface area contributed by atoms with Crippen LogP contribution < -0.4 is 5.43 Å². The number of hydrazone groups is 1. The third kappa shape index (κ3) is 5.20. The van der Waals surface area contributed by atoms with E-state index in [-0.39, 0.29) is 18.1 Å². The second-order valence-corrected chi connectivity index (χ2v) is 7.75. The Morgan fingerprint density at radius 1 is 1.27 bits per heavy atom. The molecule has 2 aromatic rings. The van der Waals surface area contributed by atoms with Gasteiger partial charge in [0.15, 0.2) is 0 Å². The van der Waals surface area contributed by atoms with Crippen LogP contribution in [-0.4, -0.2) is 17.2 Å². The zero-order valence-electron chi connectivity index (χ0n) is 11.2. The summed E-state index contributed by atoms with van der Waals surface area (Å²) in [6.07, 6.45) is 1.69. The van der Waals surface area contributed by atoms with Crippen molar-refractivity contribution in [2.24, 2.45) is 5.10 Å². The number of halogens is 3. The van der Waals surface area contributed by atoms with Gasteiger partial charge in [-0.05, 0) is 75.0 Å². The van der Waals surface area contributed by atoms with Crippen molar-refractivity contribution in [3.05, 3.63) is 59.1 Å². The van der Waals surface area contributed by atoms with Gasteiger partial charge in [-0.3, -0.25) is 4.79 Å². The number of carbonyl (C=O) groups excluding carboxylic acids is 1. The number of phenols is 1. The minimum Gasteiger partial charge on any atom is -0.506 e. The van der Waals surface area contributed by atoms with Gasteiger partial charge in [0.2, 0.25) is 5.91 Å². The molecule has 4 nitrogen and oxygen atoms in total. The van der Waals surface area contributed by atoms with Crippen molar-refractivity contribution in [3.8, 4) is 5.75 Å². The van der Waals surface area contributed by atoms with E-state index in [4.69, 9.17) is 0 Å². The fourth-order valence-electron chi connectivity index (χ4n) is 1.69. The Morgan fingerprint density at radius 2 is 1.95 bits per heavy atom. The SMILES string of the molecule is O=C(Cc1ccc(Br)cc1)N/N=C/c1cc(I)cc(I)c1O. The smallest absolute Gasteiger partial charge is 0.244 e.